The molecule has 2 atom stereocenters. The molecule has 2 rings (SSSR count). The number of aliphatic imine (C=N–C) groups is 1. The van der Waals surface area contributed by atoms with Crippen LogP contribution in [-0.2, 0) is 19.1 Å². The van der Waals surface area contributed by atoms with Crippen molar-refractivity contribution in [1.82, 2.24) is 0 Å². The molecule has 9 heteroatoms. The molecule has 152 valence electrons. The number of ether oxygens (including phenoxy) is 2. The molecule has 1 aromatic rings. The van der Waals surface area contributed by atoms with Crippen molar-refractivity contribution in [1.29, 1.82) is 5.26 Å². The Morgan fingerprint density at radius 3 is 2.59 bits per heavy atom. The van der Waals surface area contributed by atoms with E-state index in [9.17, 15) is 19.7 Å². The van der Waals surface area contributed by atoms with Crippen molar-refractivity contribution in [2.45, 2.75) is 33.1 Å². The summed E-state index contributed by atoms with van der Waals surface area (Å²) in [5.41, 5.74) is 0.694. The molecule has 0 bridgehead atoms. The second-order valence-electron chi connectivity index (χ2n) is 6.32. The number of rotatable bonds is 7. The Balaban J connectivity index is 2.66. The van der Waals surface area contributed by atoms with Crippen LogP contribution in [0.4, 0.5) is 5.69 Å². The first-order valence-electron chi connectivity index (χ1n) is 9.03. The van der Waals surface area contributed by atoms with Gasteiger partial charge >= 0.3 is 11.9 Å². The fraction of sp³-hybridized carbons (Fsp3) is 0.400. The highest BCUT2D eigenvalue weighted by molar-refractivity contribution is 6.07. The third-order valence-electron chi connectivity index (χ3n) is 4.50. The Bertz CT molecular complexity index is 928. The minimum atomic E-state index is -1.02. The maximum Gasteiger partial charge on any atom is 0.336 e. The average molecular weight is 399 g/mol. The molecule has 9 nitrogen and oxygen atoms in total. The molecule has 0 fully saturated rings. The summed E-state index contributed by atoms with van der Waals surface area (Å²) in [6, 6.07) is 7.79. The molecule has 29 heavy (non-hydrogen) atoms. The van der Waals surface area contributed by atoms with E-state index in [4.69, 9.17) is 14.7 Å². The van der Waals surface area contributed by atoms with Gasteiger partial charge in [-0.15, -0.1) is 0 Å². The zero-order valence-corrected chi connectivity index (χ0v) is 16.4. The number of esters is 2. The van der Waals surface area contributed by atoms with Gasteiger partial charge in [0.2, 0.25) is 0 Å². The topological polar surface area (TPSA) is 132 Å². The number of allylic oxidation sites excluding steroid dienone is 1. The smallest absolute Gasteiger partial charge is 0.336 e. The van der Waals surface area contributed by atoms with Crippen molar-refractivity contribution in [3.63, 3.8) is 0 Å². The number of para-hydroxylation sites is 1. The van der Waals surface area contributed by atoms with E-state index >= 15 is 0 Å². The summed E-state index contributed by atoms with van der Waals surface area (Å²) in [7, 11) is 0. The number of nitro benzene ring substituents is 1. The van der Waals surface area contributed by atoms with E-state index in [0.29, 0.717) is 11.4 Å². The van der Waals surface area contributed by atoms with Gasteiger partial charge < -0.3 is 9.47 Å². The van der Waals surface area contributed by atoms with Crippen LogP contribution in [0.25, 0.3) is 0 Å². The SMILES string of the molecule is CCOC(=O)C1C(C)=NC(C)=C(C(=O)OCCC#N)C1c1ccccc1[N+](=O)[O-]. The minimum Gasteiger partial charge on any atom is -0.465 e. The summed E-state index contributed by atoms with van der Waals surface area (Å²) >= 11 is 0. The lowest BCUT2D eigenvalue weighted by molar-refractivity contribution is -0.385. The van der Waals surface area contributed by atoms with Crippen molar-refractivity contribution in [3.05, 3.63) is 51.2 Å². The van der Waals surface area contributed by atoms with E-state index < -0.39 is 28.7 Å². The Labute approximate surface area is 167 Å². The molecule has 1 heterocycles. The number of nitrogens with zero attached hydrogens (tertiary/aromatic N) is 3. The van der Waals surface area contributed by atoms with Crippen LogP contribution in [-0.4, -0.2) is 35.8 Å². The number of carbonyl (C=O) groups excluding carboxylic acids is 2. The predicted molar refractivity (Wildman–Crippen MR) is 103 cm³/mol. The van der Waals surface area contributed by atoms with Crippen LogP contribution >= 0.6 is 0 Å². The van der Waals surface area contributed by atoms with Crippen LogP contribution in [0.2, 0.25) is 0 Å². The molecular weight excluding hydrogens is 378 g/mol. The lowest BCUT2D eigenvalue weighted by Crippen LogP contribution is -2.37. The summed E-state index contributed by atoms with van der Waals surface area (Å²) in [5.74, 6) is -3.42. The molecule has 1 aliphatic heterocycles. The molecule has 1 aliphatic rings. The van der Waals surface area contributed by atoms with Gasteiger partial charge in [-0.25, -0.2) is 4.79 Å². The van der Waals surface area contributed by atoms with Crippen LogP contribution in [0, 0.1) is 27.4 Å². The largest absolute Gasteiger partial charge is 0.465 e. The van der Waals surface area contributed by atoms with E-state index in [-0.39, 0.29) is 36.5 Å². The van der Waals surface area contributed by atoms with Crippen molar-refractivity contribution in [3.8, 4) is 6.07 Å². The van der Waals surface area contributed by atoms with Gasteiger partial charge in [0, 0.05) is 29.0 Å². The zero-order chi connectivity index (χ0) is 21.6. The third-order valence-corrected chi connectivity index (χ3v) is 4.50. The van der Waals surface area contributed by atoms with Crippen molar-refractivity contribution in [2.24, 2.45) is 10.9 Å². The van der Waals surface area contributed by atoms with Crippen LogP contribution in [0.3, 0.4) is 0 Å². The van der Waals surface area contributed by atoms with Gasteiger partial charge in [-0.05, 0) is 20.8 Å². The second-order valence-corrected chi connectivity index (χ2v) is 6.32. The van der Waals surface area contributed by atoms with Crippen molar-refractivity contribution >= 4 is 23.3 Å². The van der Waals surface area contributed by atoms with Gasteiger partial charge in [0.25, 0.3) is 5.69 Å². The van der Waals surface area contributed by atoms with Gasteiger partial charge in [-0.3, -0.25) is 19.9 Å². The van der Waals surface area contributed by atoms with Crippen LogP contribution in [0.1, 0.15) is 38.7 Å². The number of benzene rings is 1. The standard InChI is InChI=1S/C20H21N3O6/c1-4-28-19(24)16-12(2)22-13(3)17(20(25)29-11-7-10-21)18(16)14-8-5-6-9-15(14)23(26)27/h5-6,8-9,16,18H,4,7,11H2,1-3H3. The second kappa shape index (κ2) is 9.59. The summed E-state index contributed by atoms with van der Waals surface area (Å²) in [4.78, 5) is 40.9. The highest BCUT2D eigenvalue weighted by Crippen LogP contribution is 2.43. The highest BCUT2D eigenvalue weighted by Gasteiger charge is 2.44. The van der Waals surface area contributed by atoms with Crippen LogP contribution in [0.15, 0.2) is 40.5 Å². The lowest BCUT2D eigenvalue weighted by Gasteiger charge is -2.31. The monoisotopic (exact) mass is 399 g/mol. The fourth-order valence-corrected chi connectivity index (χ4v) is 3.36. The number of carbonyl (C=O) groups is 2. The first kappa shape index (κ1) is 21.8. The van der Waals surface area contributed by atoms with Crippen LogP contribution in [0.5, 0.6) is 0 Å². The Morgan fingerprint density at radius 2 is 1.97 bits per heavy atom. The van der Waals surface area contributed by atoms with E-state index in [0.717, 1.165) is 0 Å². The minimum absolute atomic E-state index is 0.00216. The Morgan fingerprint density at radius 1 is 1.28 bits per heavy atom. The summed E-state index contributed by atoms with van der Waals surface area (Å²) < 4.78 is 10.3. The average Bonchev–Trinajstić information content (AvgIpc) is 2.67. The van der Waals surface area contributed by atoms with E-state index in [1.54, 1.807) is 26.8 Å². The molecule has 0 saturated heterocycles. The third kappa shape index (κ3) is 4.66. The zero-order valence-electron chi connectivity index (χ0n) is 16.4. The van der Waals surface area contributed by atoms with Crippen LogP contribution < -0.4 is 0 Å². The molecule has 0 spiro atoms. The normalized spacial score (nSPS) is 18.5. The Hall–Kier alpha value is -3.54. The Kier molecular flexibility index (Phi) is 7.20. The molecule has 0 aliphatic carbocycles. The lowest BCUT2D eigenvalue weighted by atomic mass is 9.75. The maximum atomic E-state index is 12.8. The molecule has 0 amide bonds. The molecule has 0 radical (unpaired) electrons. The number of nitriles is 1. The molecule has 0 N–H and O–H groups in total. The summed E-state index contributed by atoms with van der Waals surface area (Å²) in [6.07, 6.45) is -0.00216. The first-order valence-corrected chi connectivity index (χ1v) is 9.03. The quantitative estimate of drug-likeness (QED) is 0.298. The predicted octanol–water partition coefficient (Wildman–Crippen LogP) is 3.06. The molecule has 0 saturated carbocycles. The van der Waals surface area contributed by atoms with E-state index in [2.05, 4.69) is 4.99 Å². The van der Waals surface area contributed by atoms with Gasteiger partial charge in [-0.2, -0.15) is 5.26 Å². The number of hydrogen-bond acceptors (Lipinski definition) is 8. The summed E-state index contributed by atoms with van der Waals surface area (Å²) in [6.45, 7) is 4.81. The van der Waals surface area contributed by atoms with Gasteiger partial charge in [0.15, 0.2) is 0 Å². The van der Waals surface area contributed by atoms with Crippen molar-refractivity contribution in [2.75, 3.05) is 13.2 Å². The van der Waals surface area contributed by atoms with E-state index in [1.165, 1.54) is 18.2 Å². The highest BCUT2D eigenvalue weighted by atomic mass is 16.6. The first-order chi connectivity index (χ1) is 13.8. The molecular formula is C20H21N3O6. The molecule has 0 aromatic heterocycles. The van der Waals surface area contributed by atoms with Gasteiger partial charge in [0.05, 0.1) is 29.6 Å². The van der Waals surface area contributed by atoms with Gasteiger partial charge in [-0.1, -0.05) is 18.2 Å². The van der Waals surface area contributed by atoms with Crippen molar-refractivity contribution < 1.29 is 24.0 Å². The number of hydrogen-bond donors (Lipinski definition) is 0. The molecule has 1 aromatic carbocycles. The fourth-order valence-electron chi connectivity index (χ4n) is 3.36. The number of nitro groups is 1. The van der Waals surface area contributed by atoms with E-state index in [1.807, 2.05) is 6.07 Å². The maximum absolute atomic E-state index is 12.8. The summed E-state index contributed by atoms with van der Waals surface area (Å²) in [5, 5.41) is 20.3. The van der Waals surface area contributed by atoms with Gasteiger partial charge in [0.1, 0.15) is 12.5 Å². The molecule has 2 unspecified atom stereocenters.